The maximum atomic E-state index is 13.5. The number of non-ortho nitro benzene ring substituents is 1. The Morgan fingerprint density at radius 1 is 1.18 bits per heavy atom. The summed E-state index contributed by atoms with van der Waals surface area (Å²) >= 11 is 0. The van der Waals surface area contributed by atoms with Crippen molar-refractivity contribution in [2.24, 2.45) is 5.92 Å². The molecule has 0 aliphatic carbocycles. The Labute approximate surface area is 231 Å². The number of carbonyl (C=O) groups is 3. The van der Waals surface area contributed by atoms with E-state index in [1.807, 2.05) is 0 Å². The van der Waals surface area contributed by atoms with Crippen molar-refractivity contribution >= 4 is 32.1 Å². The predicted molar refractivity (Wildman–Crippen MR) is 146 cm³/mol. The van der Waals surface area contributed by atoms with Gasteiger partial charge in [-0.15, -0.1) is 0 Å². The van der Waals surface area contributed by atoms with E-state index in [9.17, 15) is 24.5 Å². The number of benzene rings is 1. The second kappa shape index (κ2) is 12.0. The molecular formula is C27H41N3O8Si. The third-order valence-corrected chi connectivity index (χ3v) is 9.53. The number of nitro groups is 1. The van der Waals surface area contributed by atoms with Gasteiger partial charge in [-0.25, -0.2) is 14.5 Å². The first-order valence-corrected chi connectivity index (χ1v) is 16.7. The van der Waals surface area contributed by atoms with E-state index in [1.165, 1.54) is 12.1 Å². The number of unbranched alkanes of at least 4 members (excludes halogenated alkanes) is 1. The normalized spacial score (nSPS) is 21.8. The van der Waals surface area contributed by atoms with Crippen LogP contribution in [0, 0.1) is 16.0 Å². The first kappa shape index (κ1) is 30.5. The van der Waals surface area contributed by atoms with E-state index in [4.69, 9.17) is 13.9 Å². The molecular weight excluding hydrogens is 522 g/mol. The van der Waals surface area contributed by atoms with Crippen molar-refractivity contribution < 1.29 is 33.2 Å². The van der Waals surface area contributed by atoms with Crippen LogP contribution in [0.15, 0.2) is 24.3 Å². The number of likely N-dealkylation sites (tertiary alicyclic amines) is 2. The van der Waals surface area contributed by atoms with E-state index >= 15 is 0 Å². The van der Waals surface area contributed by atoms with Crippen LogP contribution in [0.25, 0.3) is 0 Å². The lowest BCUT2D eigenvalue weighted by atomic mass is 9.92. The quantitative estimate of drug-likeness (QED) is 0.209. The summed E-state index contributed by atoms with van der Waals surface area (Å²) in [5.41, 5.74) is -1.26. The van der Waals surface area contributed by atoms with Gasteiger partial charge in [0.1, 0.15) is 17.9 Å². The molecule has 216 valence electrons. The van der Waals surface area contributed by atoms with Crippen LogP contribution >= 0.6 is 0 Å². The number of rotatable bonds is 9. The van der Waals surface area contributed by atoms with Crippen molar-refractivity contribution in [3.8, 4) is 0 Å². The van der Waals surface area contributed by atoms with Crippen LogP contribution in [0.1, 0.15) is 65.4 Å². The van der Waals surface area contributed by atoms with Crippen molar-refractivity contribution in [1.29, 1.82) is 0 Å². The van der Waals surface area contributed by atoms with Crippen LogP contribution < -0.4 is 0 Å². The van der Waals surface area contributed by atoms with Gasteiger partial charge in [-0.05, 0) is 70.4 Å². The summed E-state index contributed by atoms with van der Waals surface area (Å²) in [6.07, 6.45) is 2.00. The summed E-state index contributed by atoms with van der Waals surface area (Å²) < 4.78 is 18.0. The standard InChI is InChI=1S/C27H41N3O8Si/c1-7-8-16-39(5,6)38-27(21-17-23(31)28(18-21)24(32)37-26(2,3)4)14-9-15-29(27)25(33)36-19-20-10-12-22(13-11-20)30(34)35/h10-13,21H,7-9,14-19H2,1-6H3. The lowest BCUT2D eigenvalue weighted by Crippen LogP contribution is -2.59. The Kier molecular flexibility index (Phi) is 9.42. The van der Waals surface area contributed by atoms with Crippen LogP contribution in [-0.2, 0) is 25.3 Å². The average Bonchev–Trinajstić information content (AvgIpc) is 3.44. The fraction of sp³-hybridized carbons (Fsp3) is 0.667. The van der Waals surface area contributed by atoms with Gasteiger partial charge in [0.15, 0.2) is 8.32 Å². The molecule has 0 spiro atoms. The Morgan fingerprint density at radius 3 is 2.44 bits per heavy atom. The Balaban J connectivity index is 1.84. The maximum absolute atomic E-state index is 13.5. The fourth-order valence-corrected chi connectivity index (χ4v) is 7.89. The van der Waals surface area contributed by atoms with Gasteiger partial charge in [0.25, 0.3) is 5.69 Å². The van der Waals surface area contributed by atoms with Crippen molar-refractivity contribution in [1.82, 2.24) is 9.80 Å². The summed E-state index contributed by atoms with van der Waals surface area (Å²) in [7, 11) is -2.29. The summed E-state index contributed by atoms with van der Waals surface area (Å²) in [6.45, 7) is 12.0. The largest absolute Gasteiger partial charge is 0.444 e. The van der Waals surface area contributed by atoms with Gasteiger partial charge in [-0.2, -0.15) is 0 Å². The summed E-state index contributed by atoms with van der Waals surface area (Å²) in [5.74, 6) is -0.781. The molecule has 0 bridgehead atoms. The fourth-order valence-electron chi connectivity index (χ4n) is 5.25. The molecule has 39 heavy (non-hydrogen) atoms. The molecule has 2 saturated heterocycles. The minimum Gasteiger partial charge on any atom is -0.444 e. The highest BCUT2D eigenvalue weighted by Crippen LogP contribution is 2.45. The van der Waals surface area contributed by atoms with Gasteiger partial charge in [-0.1, -0.05) is 19.8 Å². The maximum Gasteiger partial charge on any atom is 0.417 e. The van der Waals surface area contributed by atoms with Crippen LogP contribution in [0.5, 0.6) is 0 Å². The minimum atomic E-state index is -2.29. The number of carbonyl (C=O) groups excluding carboxylic acids is 3. The van der Waals surface area contributed by atoms with Crippen LogP contribution in [0.2, 0.25) is 19.1 Å². The van der Waals surface area contributed by atoms with E-state index in [1.54, 1.807) is 37.8 Å². The van der Waals surface area contributed by atoms with E-state index in [2.05, 4.69) is 20.0 Å². The molecule has 2 fully saturated rings. The van der Waals surface area contributed by atoms with E-state index < -0.39 is 42.7 Å². The molecule has 0 aromatic heterocycles. The molecule has 2 atom stereocenters. The van der Waals surface area contributed by atoms with Crippen molar-refractivity contribution in [2.75, 3.05) is 13.1 Å². The highest BCUT2D eigenvalue weighted by Gasteiger charge is 2.57. The lowest BCUT2D eigenvalue weighted by Gasteiger charge is -2.46. The van der Waals surface area contributed by atoms with Gasteiger partial charge in [-0.3, -0.25) is 19.8 Å². The highest BCUT2D eigenvalue weighted by molar-refractivity contribution is 6.71. The second-order valence-corrected chi connectivity index (χ2v) is 16.2. The van der Waals surface area contributed by atoms with Crippen molar-refractivity contribution in [3.05, 3.63) is 39.9 Å². The zero-order chi connectivity index (χ0) is 29.0. The molecule has 3 amide bonds. The van der Waals surface area contributed by atoms with Gasteiger partial charge in [0.05, 0.1) is 4.92 Å². The van der Waals surface area contributed by atoms with E-state index in [0.717, 1.165) is 23.8 Å². The number of hydrogen-bond donors (Lipinski definition) is 0. The number of ether oxygens (including phenoxy) is 2. The van der Waals surface area contributed by atoms with Gasteiger partial charge in [0.2, 0.25) is 5.91 Å². The molecule has 2 heterocycles. The molecule has 2 aliphatic rings. The molecule has 11 nitrogen and oxygen atoms in total. The lowest BCUT2D eigenvalue weighted by molar-refractivity contribution is -0.384. The Hall–Kier alpha value is -2.99. The first-order chi connectivity index (χ1) is 18.2. The molecule has 12 heteroatoms. The van der Waals surface area contributed by atoms with Crippen molar-refractivity contribution in [3.63, 3.8) is 0 Å². The molecule has 0 radical (unpaired) electrons. The third kappa shape index (κ3) is 7.56. The number of nitro benzene ring substituents is 1. The van der Waals surface area contributed by atoms with Crippen LogP contribution in [0.3, 0.4) is 0 Å². The zero-order valence-electron chi connectivity index (χ0n) is 23.9. The molecule has 0 N–H and O–H groups in total. The van der Waals surface area contributed by atoms with Crippen molar-refractivity contribution in [2.45, 2.75) is 96.9 Å². The molecule has 1 aromatic carbocycles. The third-order valence-electron chi connectivity index (χ3n) is 7.07. The summed E-state index contributed by atoms with van der Waals surface area (Å²) in [4.78, 5) is 52.5. The molecule has 0 saturated carbocycles. The number of nitrogens with zero attached hydrogens (tertiary/aromatic N) is 3. The molecule has 2 unspecified atom stereocenters. The molecule has 3 rings (SSSR count). The number of amides is 3. The van der Waals surface area contributed by atoms with Gasteiger partial charge < -0.3 is 13.9 Å². The number of imide groups is 1. The highest BCUT2D eigenvalue weighted by atomic mass is 28.4. The predicted octanol–water partition coefficient (Wildman–Crippen LogP) is 5.83. The van der Waals surface area contributed by atoms with Gasteiger partial charge >= 0.3 is 12.2 Å². The molecule has 1 aromatic rings. The smallest absolute Gasteiger partial charge is 0.417 e. The zero-order valence-corrected chi connectivity index (χ0v) is 24.9. The van der Waals surface area contributed by atoms with Crippen LogP contribution in [-0.4, -0.2) is 65.5 Å². The SMILES string of the molecule is CCCC[Si](C)(C)OC1(C2CC(=O)N(C(=O)OC(C)(C)C)C2)CCCN1C(=O)OCc1ccc([N+](=O)[O-])cc1. The Bertz CT molecular complexity index is 1070. The monoisotopic (exact) mass is 563 g/mol. The number of hydrogen-bond acceptors (Lipinski definition) is 8. The van der Waals surface area contributed by atoms with E-state index in [-0.39, 0.29) is 31.2 Å². The average molecular weight is 564 g/mol. The molecule has 2 aliphatic heterocycles. The van der Waals surface area contributed by atoms with Crippen LogP contribution in [0.4, 0.5) is 15.3 Å². The first-order valence-electron chi connectivity index (χ1n) is 13.6. The Morgan fingerprint density at radius 2 is 1.85 bits per heavy atom. The summed E-state index contributed by atoms with van der Waals surface area (Å²) in [6, 6.07) is 6.73. The topological polar surface area (TPSA) is 129 Å². The summed E-state index contributed by atoms with van der Waals surface area (Å²) in [5, 5.41) is 10.9. The minimum absolute atomic E-state index is 0.0447. The van der Waals surface area contributed by atoms with E-state index in [0.29, 0.717) is 24.9 Å². The second-order valence-electron chi connectivity index (χ2n) is 11.9. The van der Waals surface area contributed by atoms with Gasteiger partial charge in [0, 0.05) is 37.6 Å².